The van der Waals surface area contributed by atoms with Gasteiger partial charge in [-0.2, -0.15) is 0 Å². The van der Waals surface area contributed by atoms with Gasteiger partial charge in [-0.1, -0.05) is 61.5 Å². The Hall–Kier alpha value is -3.47. The molecule has 2 unspecified atom stereocenters. The molecular formula is C26H24F2N2O. The highest BCUT2D eigenvalue weighted by Crippen LogP contribution is 2.31. The second-order valence-electron chi connectivity index (χ2n) is 7.89. The van der Waals surface area contributed by atoms with Crippen molar-refractivity contribution in [2.24, 2.45) is 5.92 Å². The standard InChI is InChI=1S/C26H24F2N2O/c1-18-14-15-30(16-19-6-3-2-4-7-19)17-22(18)20-10-12-21(13-11-20)29-26(31)25-23(27)8-5-9-24(25)28/h2-15,18,22H,16-17H2,1H3,(H,29,31). The maximum atomic E-state index is 13.8. The van der Waals surface area contributed by atoms with E-state index in [0.29, 0.717) is 17.5 Å². The number of benzene rings is 3. The highest BCUT2D eigenvalue weighted by atomic mass is 19.1. The van der Waals surface area contributed by atoms with Crippen LogP contribution in [0.2, 0.25) is 0 Å². The van der Waals surface area contributed by atoms with Crippen LogP contribution in [0.4, 0.5) is 14.5 Å². The Kier molecular flexibility index (Phi) is 6.12. The monoisotopic (exact) mass is 418 g/mol. The van der Waals surface area contributed by atoms with Gasteiger partial charge in [-0.15, -0.1) is 0 Å². The Bertz CT molecular complexity index is 1060. The van der Waals surface area contributed by atoms with Crippen molar-refractivity contribution < 1.29 is 13.6 Å². The van der Waals surface area contributed by atoms with Gasteiger partial charge >= 0.3 is 0 Å². The van der Waals surface area contributed by atoms with Gasteiger partial charge in [0.15, 0.2) is 0 Å². The van der Waals surface area contributed by atoms with Crippen LogP contribution < -0.4 is 5.32 Å². The summed E-state index contributed by atoms with van der Waals surface area (Å²) in [6.07, 6.45) is 4.37. The van der Waals surface area contributed by atoms with Gasteiger partial charge in [0.2, 0.25) is 0 Å². The molecule has 31 heavy (non-hydrogen) atoms. The van der Waals surface area contributed by atoms with E-state index >= 15 is 0 Å². The Morgan fingerprint density at radius 2 is 1.65 bits per heavy atom. The lowest BCUT2D eigenvalue weighted by Crippen LogP contribution is -2.30. The molecule has 0 radical (unpaired) electrons. The molecule has 0 aliphatic carbocycles. The minimum Gasteiger partial charge on any atom is -0.373 e. The molecule has 1 amide bonds. The van der Waals surface area contributed by atoms with Crippen LogP contribution in [-0.2, 0) is 6.54 Å². The van der Waals surface area contributed by atoms with Crippen molar-refractivity contribution in [1.82, 2.24) is 4.90 Å². The molecule has 5 heteroatoms. The van der Waals surface area contributed by atoms with Crippen LogP contribution in [0, 0.1) is 17.6 Å². The van der Waals surface area contributed by atoms with E-state index in [1.54, 1.807) is 12.1 Å². The lowest BCUT2D eigenvalue weighted by Gasteiger charge is -2.34. The summed E-state index contributed by atoms with van der Waals surface area (Å²) in [6.45, 7) is 3.93. The third kappa shape index (κ3) is 4.82. The first kappa shape index (κ1) is 20.8. The Labute approximate surface area is 181 Å². The van der Waals surface area contributed by atoms with Crippen molar-refractivity contribution in [3.8, 4) is 0 Å². The number of rotatable bonds is 5. The summed E-state index contributed by atoms with van der Waals surface area (Å²) in [5, 5.41) is 2.58. The van der Waals surface area contributed by atoms with Crippen molar-refractivity contribution in [2.75, 3.05) is 11.9 Å². The third-order valence-corrected chi connectivity index (χ3v) is 5.68. The van der Waals surface area contributed by atoms with Gasteiger partial charge in [-0.25, -0.2) is 8.78 Å². The molecule has 1 aliphatic rings. The molecule has 1 heterocycles. The minimum atomic E-state index is -0.879. The first-order valence-electron chi connectivity index (χ1n) is 10.3. The fourth-order valence-electron chi connectivity index (χ4n) is 3.94. The zero-order valence-electron chi connectivity index (χ0n) is 17.3. The smallest absolute Gasteiger partial charge is 0.261 e. The summed E-state index contributed by atoms with van der Waals surface area (Å²) in [5.41, 5.74) is 2.34. The highest BCUT2D eigenvalue weighted by Gasteiger charge is 2.24. The number of amides is 1. The number of anilines is 1. The molecule has 0 saturated carbocycles. The molecule has 0 bridgehead atoms. The molecule has 158 valence electrons. The number of nitrogens with one attached hydrogen (secondary N) is 1. The number of nitrogens with zero attached hydrogens (tertiary/aromatic N) is 1. The maximum Gasteiger partial charge on any atom is 0.261 e. The number of carbonyl (C=O) groups excluding carboxylic acids is 1. The molecule has 3 nitrogen and oxygen atoms in total. The Morgan fingerprint density at radius 3 is 2.32 bits per heavy atom. The van der Waals surface area contributed by atoms with Crippen molar-refractivity contribution in [3.05, 3.63) is 113 Å². The third-order valence-electron chi connectivity index (χ3n) is 5.68. The first-order chi connectivity index (χ1) is 15.0. The predicted octanol–water partition coefficient (Wildman–Crippen LogP) is 5.97. The summed E-state index contributed by atoms with van der Waals surface area (Å²) in [4.78, 5) is 14.6. The average Bonchev–Trinajstić information content (AvgIpc) is 2.76. The van der Waals surface area contributed by atoms with E-state index in [-0.39, 0.29) is 0 Å². The molecule has 0 aromatic heterocycles. The molecule has 1 N–H and O–H groups in total. The Balaban J connectivity index is 1.45. The van der Waals surface area contributed by atoms with E-state index in [2.05, 4.69) is 41.5 Å². The summed E-state index contributed by atoms with van der Waals surface area (Å²) >= 11 is 0. The van der Waals surface area contributed by atoms with E-state index in [1.807, 2.05) is 30.3 Å². The zero-order chi connectivity index (χ0) is 21.8. The molecule has 3 aromatic rings. The van der Waals surface area contributed by atoms with Gasteiger partial charge in [-0.05, 0) is 47.5 Å². The lowest BCUT2D eigenvalue weighted by molar-refractivity contribution is 0.101. The van der Waals surface area contributed by atoms with Crippen LogP contribution in [0.3, 0.4) is 0 Å². The molecule has 0 spiro atoms. The molecule has 4 rings (SSSR count). The van der Waals surface area contributed by atoms with Crippen molar-refractivity contribution in [1.29, 1.82) is 0 Å². The molecule has 2 atom stereocenters. The van der Waals surface area contributed by atoms with Gasteiger partial charge in [0.1, 0.15) is 17.2 Å². The first-order valence-corrected chi connectivity index (χ1v) is 10.3. The van der Waals surface area contributed by atoms with Crippen LogP contribution in [-0.4, -0.2) is 17.4 Å². The van der Waals surface area contributed by atoms with Crippen LogP contribution in [0.25, 0.3) is 0 Å². The molecule has 1 aliphatic heterocycles. The summed E-state index contributed by atoms with van der Waals surface area (Å²) < 4.78 is 27.7. The summed E-state index contributed by atoms with van der Waals surface area (Å²) in [5.74, 6) is -1.88. The van der Waals surface area contributed by atoms with Crippen LogP contribution in [0.15, 0.2) is 85.1 Å². The van der Waals surface area contributed by atoms with Crippen LogP contribution in [0.1, 0.15) is 34.3 Å². The topological polar surface area (TPSA) is 32.3 Å². The highest BCUT2D eigenvalue weighted by molar-refractivity contribution is 6.04. The minimum absolute atomic E-state index is 0.308. The number of allylic oxidation sites excluding steroid dienone is 1. The van der Waals surface area contributed by atoms with Gasteiger partial charge in [0, 0.05) is 24.7 Å². The number of hydrogen-bond donors (Lipinski definition) is 1. The normalized spacial score (nSPS) is 18.1. The number of halogens is 2. The molecule has 0 fully saturated rings. The van der Waals surface area contributed by atoms with Gasteiger partial charge < -0.3 is 10.2 Å². The second-order valence-corrected chi connectivity index (χ2v) is 7.89. The number of hydrogen-bond acceptors (Lipinski definition) is 2. The van der Waals surface area contributed by atoms with Crippen molar-refractivity contribution >= 4 is 11.6 Å². The van der Waals surface area contributed by atoms with E-state index in [4.69, 9.17) is 0 Å². The summed E-state index contributed by atoms with van der Waals surface area (Å²) in [7, 11) is 0. The van der Waals surface area contributed by atoms with Crippen LogP contribution >= 0.6 is 0 Å². The zero-order valence-corrected chi connectivity index (χ0v) is 17.3. The van der Waals surface area contributed by atoms with Crippen molar-refractivity contribution in [3.63, 3.8) is 0 Å². The predicted molar refractivity (Wildman–Crippen MR) is 119 cm³/mol. The van der Waals surface area contributed by atoms with Gasteiger partial charge in [-0.3, -0.25) is 4.79 Å². The average molecular weight is 418 g/mol. The SMILES string of the molecule is CC1C=CN(Cc2ccccc2)CC1c1ccc(NC(=O)c2c(F)cccc2F)cc1. The Morgan fingerprint density at radius 1 is 0.968 bits per heavy atom. The number of carbonyl (C=O) groups is 1. The maximum absolute atomic E-state index is 13.8. The second kappa shape index (κ2) is 9.13. The van der Waals surface area contributed by atoms with Gasteiger partial charge in [0.25, 0.3) is 5.91 Å². The van der Waals surface area contributed by atoms with E-state index in [0.717, 1.165) is 30.8 Å². The summed E-state index contributed by atoms with van der Waals surface area (Å²) in [6, 6.07) is 21.2. The van der Waals surface area contributed by atoms with Crippen molar-refractivity contribution in [2.45, 2.75) is 19.4 Å². The quantitative estimate of drug-likeness (QED) is 0.554. The fourth-order valence-corrected chi connectivity index (χ4v) is 3.94. The molecule has 3 aromatic carbocycles. The van der Waals surface area contributed by atoms with E-state index in [1.165, 1.54) is 11.6 Å². The fraction of sp³-hybridized carbons (Fsp3) is 0.192. The van der Waals surface area contributed by atoms with Gasteiger partial charge in [0.05, 0.1) is 0 Å². The largest absolute Gasteiger partial charge is 0.373 e. The molecular weight excluding hydrogens is 394 g/mol. The van der Waals surface area contributed by atoms with E-state index < -0.39 is 23.1 Å². The van der Waals surface area contributed by atoms with E-state index in [9.17, 15) is 13.6 Å². The van der Waals surface area contributed by atoms with Crippen LogP contribution in [0.5, 0.6) is 0 Å². The lowest BCUT2D eigenvalue weighted by atomic mass is 9.84. The molecule has 0 saturated heterocycles.